The molecule has 0 atom stereocenters. The Bertz CT molecular complexity index is 846. The molecule has 3 rings (SSSR count). The summed E-state index contributed by atoms with van der Waals surface area (Å²) >= 11 is 0. The van der Waals surface area contributed by atoms with Gasteiger partial charge in [0, 0.05) is 0 Å². The van der Waals surface area contributed by atoms with Gasteiger partial charge in [0.1, 0.15) is 23.2 Å². The number of ether oxygens (including phenoxy) is 1. The van der Waals surface area contributed by atoms with E-state index in [2.05, 4.69) is 91.0 Å². The number of carbonyl (C=O) groups excluding carboxylic acids is 1. The number of hydrogen-bond acceptors (Lipinski definition) is 2. The second-order valence-corrected chi connectivity index (χ2v) is 12.2. The van der Waals surface area contributed by atoms with Crippen molar-refractivity contribution in [1.29, 1.82) is 0 Å². The fourth-order valence-electron chi connectivity index (χ4n) is 4.23. The lowest BCUT2D eigenvalue weighted by Crippen LogP contribution is -3.00. The first-order valence-electron chi connectivity index (χ1n) is 11.2. The van der Waals surface area contributed by atoms with Crippen LogP contribution in [0.3, 0.4) is 0 Å². The Hall–Kier alpha value is -1.96. The molecule has 4 heteroatoms. The predicted octanol–water partition coefficient (Wildman–Crippen LogP) is 2.74. The summed E-state index contributed by atoms with van der Waals surface area (Å²) in [6, 6.07) is 32.9. The minimum Gasteiger partial charge on any atom is -1.00 e. The van der Waals surface area contributed by atoms with Gasteiger partial charge in [-0.3, -0.25) is 4.79 Å². The van der Waals surface area contributed by atoms with Crippen LogP contribution in [0.15, 0.2) is 91.0 Å². The molecule has 0 saturated heterocycles. The summed E-state index contributed by atoms with van der Waals surface area (Å²) in [4.78, 5) is 12.3. The molecule has 0 unspecified atom stereocenters. The van der Waals surface area contributed by atoms with Gasteiger partial charge in [-0.15, -0.1) is 0 Å². The van der Waals surface area contributed by atoms with E-state index in [9.17, 15) is 4.79 Å². The second-order valence-electron chi connectivity index (χ2n) is 8.60. The summed E-state index contributed by atoms with van der Waals surface area (Å²) in [6.45, 7) is 6.30. The number of carbonyl (C=O) groups is 1. The van der Waals surface area contributed by atoms with Gasteiger partial charge in [0.05, 0.1) is 18.2 Å². The zero-order valence-electron chi connectivity index (χ0n) is 19.3. The Morgan fingerprint density at radius 2 is 1.16 bits per heavy atom. The molecule has 0 N–H and O–H groups in total. The van der Waals surface area contributed by atoms with Gasteiger partial charge >= 0.3 is 5.97 Å². The summed E-state index contributed by atoms with van der Waals surface area (Å²) < 4.78 is 5.28. The van der Waals surface area contributed by atoms with Crippen LogP contribution in [0.5, 0.6) is 0 Å². The van der Waals surface area contributed by atoms with E-state index in [0.29, 0.717) is 6.61 Å². The van der Waals surface area contributed by atoms with E-state index in [-0.39, 0.29) is 23.0 Å². The average Bonchev–Trinajstić information content (AvgIpc) is 2.81. The molecule has 0 fully saturated rings. The zero-order chi connectivity index (χ0) is 22.2. The zero-order valence-corrected chi connectivity index (χ0v) is 21.8. The molecule has 0 aromatic heterocycles. The highest BCUT2D eigenvalue weighted by atomic mass is 79.9. The quantitative estimate of drug-likeness (QED) is 0.237. The largest absolute Gasteiger partial charge is 1.00 e. The minimum absolute atomic E-state index is 0. The van der Waals surface area contributed by atoms with Crippen molar-refractivity contribution in [2.24, 2.45) is 5.41 Å². The first-order valence-corrected chi connectivity index (χ1v) is 13.2. The average molecular weight is 513 g/mol. The van der Waals surface area contributed by atoms with Crippen LogP contribution in [0.2, 0.25) is 0 Å². The molecule has 0 saturated carbocycles. The number of esters is 1. The molecule has 0 heterocycles. The number of hydrogen-bond donors (Lipinski definition) is 0. The third kappa shape index (κ3) is 6.09. The standard InChI is InChI=1S/C28H34O2P.BrH/c1-4-30-27(29)28(2,3)22-14-15-23-31(24-16-8-5-9-17-24,25-18-10-6-11-19-25)26-20-12-7-13-21-26;/h5-13,16-21H,4,14-15,22-23H2,1-3H3;1H/q+1;/p-1. The van der Waals surface area contributed by atoms with Crippen molar-refractivity contribution in [3.63, 3.8) is 0 Å². The van der Waals surface area contributed by atoms with Gasteiger partial charge < -0.3 is 21.7 Å². The maximum atomic E-state index is 12.3. The lowest BCUT2D eigenvalue weighted by Gasteiger charge is -2.28. The molecule has 0 aliphatic heterocycles. The van der Waals surface area contributed by atoms with E-state index < -0.39 is 12.7 Å². The topological polar surface area (TPSA) is 26.3 Å². The molecule has 0 aliphatic rings. The smallest absolute Gasteiger partial charge is 0.311 e. The normalized spacial score (nSPS) is 11.5. The minimum atomic E-state index is -1.79. The second kappa shape index (κ2) is 12.3. The first kappa shape index (κ1) is 26.3. The van der Waals surface area contributed by atoms with E-state index in [4.69, 9.17) is 4.74 Å². The third-order valence-corrected chi connectivity index (χ3v) is 10.5. The van der Waals surface area contributed by atoms with Crippen LogP contribution in [0.4, 0.5) is 0 Å². The first-order chi connectivity index (χ1) is 15.0. The van der Waals surface area contributed by atoms with Crippen molar-refractivity contribution >= 4 is 29.1 Å². The van der Waals surface area contributed by atoms with E-state index in [1.165, 1.54) is 15.9 Å². The van der Waals surface area contributed by atoms with Crippen LogP contribution in [0.25, 0.3) is 0 Å². The fourth-order valence-corrected chi connectivity index (χ4v) is 8.64. The number of benzene rings is 3. The lowest BCUT2D eigenvalue weighted by molar-refractivity contribution is -0.153. The number of halogens is 1. The Morgan fingerprint density at radius 3 is 1.53 bits per heavy atom. The molecular formula is C28H34BrO2P. The molecule has 0 amide bonds. The molecule has 3 aromatic rings. The van der Waals surface area contributed by atoms with Crippen LogP contribution in [0.1, 0.15) is 40.0 Å². The summed E-state index contributed by atoms with van der Waals surface area (Å²) in [6.07, 6.45) is 3.99. The van der Waals surface area contributed by atoms with Crippen LogP contribution >= 0.6 is 7.26 Å². The maximum absolute atomic E-state index is 12.3. The molecule has 32 heavy (non-hydrogen) atoms. The van der Waals surface area contributed by atoms with Crippen LogP contribution < -0.4 is 32.9 Å². The lowest BCUT2D eigenvalue weighted by atomic mass is 9.87. The Kier molecular flexibility index (Phi) is 10.1. The molecule has 3 aromatic carbocycles. The van der Waals surface area contributed by atoms with Crippen molar-refractivity contribution in [3.8, 4) is 0 Å². The molecule has 0 radical (unpaired) electrons. The van der Waals surface area contributed by atoms with Crippen molar-refractivity contribution in [3.05, 3.63) is 91.0 Å². The Balaban J connectivity index is 0.00000363. The highest BCUT2D eigenvalue weighted by molar-refractivity contribution is 7.95. The summed E-state index contributed by atoms with van der Waals surface area (Å²) in [5.41, 5.74) is -0.441. The van der Waals surface area contributed by atoms with Gasteiger partial charge in [-0.1, -0.05) is 54.6 Å². The van der Waals surface area contributed by atoms with Crippen LogP contribution in [0, 0.1) is 5.41 Å². The maximum Gasteiger partial charge on any atom is 0.311 e. The molecular weight excluding hydrogens is 479 g/mol. The van der Waals surface area contributed by atoms with Crippen molar-refractivity contribution in [1.82, 2.24) is 0 Å². The highest BCUT2D eigenvalue weighted by Crippen LogP contribution is 2.56. The number of unbranched alkanes of at least 4 members (excludes halogenated alkanes) is 1. The van der Waals surface area contributed by atoms with Gasteiger partial charge in [-0.25, -0.2) is 0 Å². The molecule has 0 spiro atoms. The molecule has 2 nitrogen and oxygen atoms in total. The number of rotatable bonds is 10. The summed E-state index contributed by atoms with van der Waals surface area (Å²) in [7, 11) is -1.79. The molecule has 170 valence electrons. The molecule has 0 bridgehead atoms. The van der Waals surface area contributed by atoms with Gasteiger partial charge in [0.2, 0.25) is 0 Å². The fraction of sp³-hybridized carbons (Fsp3) is 0.321. The molecule has 0 aliphatic carbocycles. The van der Waals surface area contributed by atoms with E-state index in [1.807, 2.05) is 20.8 Å². The van der Waals surface area contributed by atoms with Gasteiger partial charge in [0.15, 0.2) is 0 Å². The van der Waals surface area contributed by atoms with Crippen LogP contribution in [-0.4, -0.2) is 18.7 Å². The Labute approximate surface area is 204 Å². The summed E-state index contributed by atoms with van der Waals surface area (Å²) in [5.74, 6) is -0.0924. The van der Waals surface area contributed by atoms with Crippen molar-refractivity contribution < 1.29 is 26.5 Å². The van der Waals surface area contributed by atoms with Crippen LogP contribution in [-0.2, 0) is 9.53 Å². The van der Waals surface area contributed by atoms with Gasteiger partial charge in [-0.2, -0.15) is 0 Å². The summed E-state index contributed by atoms with van der Waals surface area (Å²) in [5, 5.41) is 4.24. The monoisotopic (exact) mass is 512 g/mol. The van der Waals surface area contributed by atoms with Crippen molar-refractivity contribution in [2.45, 2.75) is 40.0 Å². The third-order valence-electron chi connectivity index (χ3n) is 5.96. The predicted molar refractivity (Wildman–Crippen MR) is 134 cm³/mol. The van der Waals surface area contributed by atoms with E-state index in [0.717, 1.165) is 25.4 Å². The van der Waals surface area contributed by atoms with Gasteiger partial charge in [0.25, 0.3) is 0 Å². The SMILES string of the molecule is CCOC(=O)C(C)(C)CCCC[P+](c1ccccc1)(c1ccccc1)c1ccccc1.[Br-]. The highest BCUT2D eigenvalue weighted by Gasteiger charge is 2.44. The van der Waals surface area contributed by atoms with E-state index in [1.54, 1.807) is 0 Å². The van der Waals surface area contributed by atoms with E-state index >= 15 is 0 Å². The van der Waals surface area contributed by atoms with Crippen molar-refractivity contribution in [2.75, 3.05) is 12.8 Å². The Morgan fingerprint density at radius 1 is 0.750 bits per heavy atom. The van der Waals surface area contributed by atoms with Gasteiger partial charge in [-0.05, 0) is 76.4 Å².